The van der Waals surface area contributed by atoms with Crippen LogP contribution in [0.2, 0.25) is 0 Å². The maximum absolute atomic E-state index is 12.1. The van der Waals surface area contributed by atoms with Crippen LogP contribution in [-0.4, -0.2) is 22.1 Å². The van der Waals surface area contributed by atoms with Crippen molar-refractivity contribution < 1.29 is 9.32 Å². The molecule has 2 aromatic rings. The third-order valence-electron chi connectivity index (χ3n) is 2.84. The summed E-state index contributed by atoms with van der Waals surface area (Å²) in [7, 11) is 0. The Morgan fingerprint density at radius 2 is 2.17 bits per heavy atom. The molecule has 5 heteroatoms. The normalized spacial score (nSPS) is 14.5. The van der Waals surface area contributed by atoms with E-state index in [0.29, 0.717) is 28.9 Å². The van der Waals surface area contributed by atoms with E-state index in [4.69, 9.17) is 4.52 Å². The molecule has 3 rings (SSSR count). The lowest BCUT2D eigenvalue weighted by Gasteiger charge is -2.06. The quantitative estimate of drug-likeness (QED) is 0.894. The zero-order valence-corrected chi connectivity index (χ0v) is 10.0. The summed E-state index contributed by atoms with van der Waals surface area (Å²) < 4.78 is 5.12. The van der Waals surface area contributed by atoms with Crippen molar-refractivity contribution in [1.82, 2.24) is 15.5 Å². The molecule has 1 aliphatic carbocycles. The van der Waals surface area contributed by atoms with Crippen LogP contribution in [0.25, 0.3) is 11.5 Å². The van der Waals surface area contributed by atoms with Crippen molar-refractivity contribution in [3.05, 3.63) is 35.7 Å². The minimum absolute atomic E-state index is 0.0797. The molecule has 1 heterocycles. The Labute approximate surface area is 104 Å². The average molecular weight is 243 g/mol. The summed E-state index contributed by atoms with van der Waals surface area (Å²) in [5, 5.41) is 6.71. The van der Waals surface area contributed by atoms with Gasteiger partial charge in [-0.05, 0) is 31.9 Å². The highest BCUT2D eigenvalue weighted by atomic mass is 16.5. The maximum atomic E-state index is 12.1. The summed E-state index contributed by atoms with van der Waals surface area (Å²) in [6.45, 7) is 1.75. The molecule has 5 nitrogen and oxygen atoms in total. The molecule has 1 amide bonds. The molecule has 1 saturated carbocycles. The second-order valence-electron chi connectivity index (χ2n) is 4.44. The molecule has 92 valence electrons. The number of rotatable bonds is 3. The van der Waals surface area contributed by atoms with E-state index >= 15 is 0 Å². The van der Waals surface area contributed by atoms with Gasteiger partial charge >= 0.3 is 0 Å². The number of hydrogen-bond donors (Lipinski definition) is 1. The van der Waals surface area contributed by atoms with Gasteiger partial charge in [-0.25, -0.2) is 0 Å². The Kier molecular flexibility index (Phi) is 2.59. The fraction of sp³-hybridized carbons (Fsp3) is 0.308. The first-order valence-corrected chi connectivity index (χ1v) is 5.94. The molecule has 0 radical (unpaired) electrons. The Morgan fingerprint density at radius 1 is 1.39 bits per heavy atom. The number of carbonyl (C=O) groups is 1. The van der Waals surface area contributed by atoms with E-state index in [1.807, 2.05) is 18.2 Å². The largest absolute Gasteiger partial charge is 0.349 e. The third-order valence-corrected chi connectivity index (χ3v) is 2.84. The minimum Gasteiger partial charge on any atom is -0.349 e. The van der Waals surface area contributed by atoms with Gasteiger partial charge in [0.2, 0.25) is 0 Å². The summed E-state index contributed by atoms with van der Waals surface area (Å²) in [5.74, 6) is 0.861. The molecular formula is C13H13N3O2. The molecule has 0 unspecified atom stereocenters. The predicted molar refractivity (Wildman–Crippen MR) is 65.0 cm³/mol. The van der Waals surface area contributed by atoms with Gasteiger partial charge in [-0.2, -0.15) is 4.98 Å². The van der Waals surface area contributed by atoms with Gasteiger partial charge in [0.05, 0.1) is 11.1 Å². The van der Waals surface area contributed by atoms with Crippen molar-refractivity contribution in [2.45, 2.75) is 25.8 Å². The van der Waals surface area contributed by atoms with E-state index in [-0.39, 0.29) is 5.91 Å². The molecule has 1 aromatic heterocycles. The van der Waals surface area contributed by atoms with Gasteiger partial charge in [0.15, 0.2) is 5.82 Å². The molecule has 18 heavy (non-hydrogen) atoms. The fourth-order valence-corrected chi connectivity index (χ4v) is 1.76. The Morgan fingerprint density at radius 3 is 2.83 bits per heavy atom. The Balaban J connectivity index is 1.96. The zero-order chi connectivity index (χ0) is 12.5. The second-order valence-corrected chi connectivity index (χ2v) is 4.44. The van der Waals surface area contributed by atoms with Gasteiger partial charge in [0.25, 0.3) is 11.8 Å². The summed E-state index contributed by atoms with van der Waals surface area (Å²) >= 11 is 0. The minimum atomic E-state index is -0.0797. The highest BCUT2D eigenvalue weighted by molar-refractivity contribution is 6.00. The summed E-state index contributed by atoms with van der Waals surface area (Å²) in [5.41, 5.74) is 1.25. The summed E-state index contributed by atoms with van der Waals surface area (Å²) in [6.07, 6.45) is 2.13. The van der Waals surface area contributed by atoms with Crippen LogP contribution in [0.1, 0.15) is 29.0 Å². The van der Waals surface area contributed by atoms with Crippen molar-refractivity contribution in [3.8, 4) is 11.5 Å². The highest BCUT2D eigenvalue weighted by Crippen LogP contribution is 2.24. The first-order chi connectivity index (χ1) is 8.74. The van der Waals surface area contributed by atoms with E-state index in [1.54, 1.807) is 13.0 Å². The first kappa shape index (κ1) is 11.0. The van der Waals surface area contributed by atoms with E-state index < -0.39 is 0 Å². The maximum Gasteiger partial charge on any atom is 0.258 e. The smallest absolute Gasteiger partial charge is 0.258 e. The standard InChI is InChI=1S/C13H13N3O2/c1-8-14-13(18-16-8)11-5-3-2-4-10(11)12(17)15-9-6-7-9/h2-5,9H,6-7H2,1H3,(H,15,17). The first-order valence-electron chi connectivity index (χ1n) is 5.94. The lowest BCUT2D eigenvalue weighted by molar-refractivity contribution is 0.0951. The molecule has 0 bridgehead atoms. The van der Waals surface area contributed by atoms with Gasteiger partial charge in [-0.15, -0.1) is 0 Å². The van der Waals surface area contributed by atoms with Crippen LogP contribution < -0.4 is 5.32 Å². The van der Waals surface area contributed by atoms with Crippen LogP contribution in [0.3, 0.4) is 0 Å². The summed E-state index contributed by atoms with van der Waals surface area (Å²) in [6, 6.07) is 7.59. The van der Waals surface area contributed by atoms with E-state index in [2.05, 4.69) is 15.5 Å². The number of carbonyl (C=O) groups excluding carboxylic acids is 1. The number of amides is 1. The predicted octanol–water partition coefficient (Wildman–Crippen LogP) is 1.94. The number of aryl methyl sites for hydroxylation is 1. The molecule has 0 atom stereocenters. The second kappa shape index (κ2) is 4.25. The van der Waals surface area contributed by atoms with Crippen molar-refractivity contribution in [3.63, 3.8) is 0 Å². The zero-order valence-electron chi connectivity index (χ0n) is 10.0. The van der Waals surface area contributed by atoms with Crippen LogP contribution >= 0.6 is 0 Å². The molecule has 0 saturated heterocycles. The van der Waals surface area contributed by atoms with Crippen molar-refractivity contribution in [2.75, 3.05) is 0 Å². The van der Waals surface area contributed by atoms with Gasteiger partial charge in [-0.1, -0.05) is 17.3 Å². The monoisotopic (exact) mass is 243 g/mol. The lowest BCUT2D eigenvalue weighted by atomic mass is 10.1. The third kappa shape index (κ3) is 2.11. The highest BCUT2D eigenvalue weighted by Gasteiger charge is 2.25. The van der Waals surface area contributed by atoms with Crippen LogP contribution in [0, 0.1) is 6.92 Å². The van der Waals surface area contributed by atoms with E-state index in [0.717, 1.165) is 12.8 Å². The lowest BCUT2D eigenvalue weighted by Crippen LogP contribution is -2.25. The molecule has 1 N–H and O–H groups in total. The van der Waals surface area contributed by atoms with Gasteiger partial charge in [0.1, 0.15) is 0 Å². The van der Waals surface area contributed by atoms with E-state index in [9.17, 15) is 4.79 Å². The number of nitrogens with one attached hydrogen (secondary N) is 1. The number of nitrogens with zero attached hydrogens (tertiary/aromatic N) is 2. The van der Waals surface area contributed by atoms with Gasteiger partial charge in [-0.3, -0.25) is 4.79 Å². The van der Waals surface area contributed by atoms with Crippen molar-refractivity contribution in [2.24, 2.45) is 0 Å². The van der Waals surface area contributed by atoms with E-state index in [1.165, 1.54) is 0 Å². The number of aromatic nitrogens is 2. The molecule has 0 aliphatic heterocycles. The van der Waals surface area contributed by atoms with Crippen molar-refractivity contribution >= 4 is 5.91 Å². The SMILES string of the molecule is Cc1noc(-c2ccccc2C(=O)NC2CC2)n1. The van der Waals surface area contributed by atoms with Crippen molar-refractivity contribution in [1.29, 1.82) is 0 Å². The van der Waals surface area contributed by atoms with Gasteiger partial charge in [0, 0.05) is 6.04 Å². The molecule has 1 aliphatic rings. The van der Waals surface area contributed by atoms with Crippen LogP contribution in [-0.2, 0) is 0 Å². The average Bonchev–Trinajstić information content (AvgIpc) is 3.08. The Hall–Kier alpha value is -2.17. The van der Waals surface area contributed by atoms with Crippen LogP contribution in [0.5, 0.6) is 0 Å². The van der Waals surface area contributed by atoms with Gasteiger partial charge < -0.3 is 9.84 Å². The summed E-state index contributed by atoms with van der Waals surface area (Å²) in [4.78, 5) is 16.3. The fourth-order valence-electron chi connectivity index (χ4n) is 1.76. The molecule has 0 spiro atoms. The number of hydrogen-bond acceptors (Lipinski definition) is 4. The van der Waals surface area contributed by atoms with Crippen LogP contribution in [0.15, 0.2) is 28.8 Å². The topological polar surface area (TPSA) is 68.0 Å². The molecule has 1 fully saturated rings. The van der Waals surface area contributed by atoms with Crippen LogP contribution in [0.4, 0.5) is 0 Å². The Bertz CT molecular complexity index is 587. The number of benzene rings is 1. The molecule has 1 aromatic carbocycles. The molecular weight excluding hydrogens is 230 g/mol.